The minimum absolute atomic E-state index is 0.114. The van der Waals surface area contributed by atoms with Crippen molar-refractivity contribution in [1.82, 2.24) is 14.5 Å². The first kappa shape index (κ1) is 38.0. The van der Waals surface area contributed by atoms with Crippen molar-refractivity contribution in [2.45, 2.75) is 5.92 Å². The Morgan fingerprint density at radius 1 is 0.377 bits per heavy atom. The van der Waals surface area contributed by atoms with Crippen LogP contribution in [0.25, 0.3) is 127 Å². The van der Waals surface area contributed by atoms with Crippen LogP contribution in [0.1, 0.15) is 22.6 Å². The number of benzene rings is 11. The predicted molar refractivity (Wildman–Crippen MR) is 285 cm³/mol. The van der Waals surface area contributed by atoms with Gasteiger partial charge in [0.05, 0.1) is 22.4 Å². The molecule has 0 fully saturated rings. The molecule has 0 spiro atoms. The molecule has 0 N–H and O–H groups in total. The van der Waals surface area contributed by atoms with Crippen LogP contribution < -0.4 is 0 Å². The first-order chi connectivity index (χ1) is 34.2. The summed E-state index contributed by atoms with van der Waals surface area (Å²) in [4.78, 5) is 11.0. The molecule has 14 aromatic rings. The molecule has 320 valence electrons. The molecule has 11 aromatic carbocycles. The molecule has 0 bridgehead atoms. The van der Waals surface area contributed by atoms with Gasteiger partial charge in [0.1, 0.15) is 11.2 Å². The van der Waals surface area contributed by atoms with Gasteiger partial charge in [-0.05, 0) is 108 Å². The summed E-state index contributed by atoms with van der Waals surface area (Å²) in [6.45, 7) is 0. The Labute approximate surface area is 397 Å². The standard InChI is InChI=1S/C65H39N3O/c1-3-17-42(18-4-1)55-38-56(49-25-13-21-39-14-7-10-22-46(39)49)67-65(66-55)68-57-33-29-45(37-54(57)62-58(68)34-35-59-63(62)52-32-27-41-16-9-12-24-48(41)64(52)69-59)44-28-30-50-53(36-44)60(43-19-5-2-6-20-43)51-31-26-40-15-8-11-23-47(40)61(50)51/h1-38,60H. The Balaban J connectivity index is 1.01. The first-order valence-corrected chi connectivity index (χ1v) is 23.7. The molecule has 0 radical (unpaired) electrons. The Kier molecular flexibility index (Phi) is 8.10. The zero-order valence-corrected chi connectivity index (χ0v) is 37.3. The van der Waals surface area contributed by atoms with E-state index in [0.29, 0.717) is 5.95 Å². The minimum atomic E-state index is 0.114. The van der Waals surface area contributed by atoms with Crippen LogP contribution in [0.2, 0.25) is 0 Å². The highest BCUT2D eigenvalue weighted by Crippen LogP contribution is 2.52. The van der Waals surface area contributed by atoms with Crippen LogP contribution in [0.3, 0.4) is 0 Å². The van der Waals surface area contributed by atoms with E-state index in [1.54, 1.807) is 0 Å². The topological polar surface area (TPSA) is 43.9 Å². The maximum Gasteiger partial charge on any atom is 0.235 e. The number of fused-ring (bicyclic) bond motifs is 15. The van der Waals surface area contributed by atoms with Crippen molar-refractivity contribution in [1.29, 1.82) is 0 Å². The van der Waals surface area contributed by atoms with Gasteiger partial charge in [0.25, 0.3) is 0 Å². The average Bonchev–Trinajstić information content (AvgIpc) is 4.08. The van der Waals surface area contributed by atoms with Gasteiger partial charge < -0.3 is 4.42 Å². The second-order valence-electron chi connectivity index (χ2n) is 18.4. The fraction of sp³-hybridized carbons (Fsp3) is 0.0154. The fourth-order valence-corrected chi connectivity index (χ4v) is 11.6. The van der Waals surface area contributed by atoms with Gasteiger partial charge in [-0.3, -0.25) is 4.57 Å². The normalized spacial score (nSPS) is 13.4. The smallest absolute Gasteiger partial charge is 0.235 e. The van der Waals surface area contributed by atoms with E-state index < -0.39 is 0 Å². The van der Waals surface area contributed by atoms with Crippen LogP contribution in [-0.4, -0.2) is 14.5 Å². The van der Waals surface area contributed by atoms with Crippen LogP contribution in [0.5, 0.6) is 0 Å². The Bertz CT molecular complexity index is 4430. The van der Waals surface area contributed by atoms with Gasteiger partial charge in [0, 0.05) is 44.0 Å². The van der Waals surface area contributed by atoms with Crippen LogP contribution in [0.4, 0.5) is 0 Å². The zero-order chi connectivity index (χ0) is 45.2. The van der Waals surface area contributed by atoms with Crippen molar-refractivity contribution < 1.29 is 4.42 Å². The van der Waals surface area contributed by atoms with Crippen LogP contribution in [0, 0.1) is 0 Å². The van der Waals surface area contributed by atoms with Crippen molar-refractivity contribution in [3.63, 3.8) is 0 Å². The van der Waals surface area contributed by atoms with Gasteiger partial charge in [0.15, 0.2) is 0 Å². The summed E-state index contributed by atoms with van der Waals surface area (Å²) in [6, 6.07) is 83.3. The summed E-state index contributed by atoms with van der Waals surface area (Å²) in [6.07, 6.45) is 0. The highest BCUT2D eigenvalue weighted by molar-refractivity contribution is 6.29. The molecule has 1 atom stereocenters. The summed E-state index contributed by atoms with van der Waals surface area (Å²) in [5.74, 6) is 0.723. The number of rotatable bonds is 5. The van der Waals surface area contributed by atoms with Gasteiger partial charge in [-0.15, -0.1) is 0 Å². The zero-order valence-electron chi connectivity index (χ0n) is 37.3. The van der Waals surface area contributed by atoms with Crippen LogP contribution >= 0.6 is 0 Å². The summed E-state index contributed by atoms with van der Waals surface area (Å²) in [5, 5.41) is 11.5. The highest BCUT2D eigenvalue weighted by Gasteiger charge is 2.32. The number of hydrogen-bond acceptors (Lipinski definition) is 3. The average molecular weight is 878 g/mol. The third kappa shape index (κ3) is 5.70. The lowest BCUT2D eigenvalue weighted by Crippen LogP contribution is -2.04. The molecule has 0 aliphatic heterocycles. The van der Waals surface area contributed by atoms with Crippen molar-refractivity contribution >= 4 is 76.1 Å². The molecule has 69 heavy (non-hydrogen) atoms. The van der Waals surface area contributed by atoms with Crippen LogP contribution in [-0.2, 0) is 0 Å². The molecule has 4 nitrogen and oxygen atoms in total. The largest absolute Gasteiger partial charge is 0.455 e. The first-order valence-electron chi connectivity index (χ1n) is 23.7. The molecule has 4 heteroatoms. The second-order valence-corrected chi connectivity index (χ2v) is 18.4. The molecule has 0 saturated heterocycles. The lowest BCUT2D eigenvalue weighted by molar-refractivity contribution is 0.673. The second kappa shape index (κ2) is 14.7. The van der Waals surface area contributed by atoms with E-state index >= 15 is 0 Å². The van der Waals surface area contributed by atoms with Gasteiger partial charge >= 0.3 is 0 Å². The van der Waals surface area contributed by atoms with Crippen molar-refractivity contribution in [2.75, 3.05) is 0 Å². The number of hydrogen-bond donors (Lipinski definition) is 0. The summed E-state index contributed by atoms with van der Waals surface area (Å²) in [5.41, 5.74) is 16.5. The summed E-state index contributed by atoms with van der Waals surface area (Å²) in [7, 11) is 0. The SMILES string of the molecule is c1ccc(-c2cc(-c3cccc4ccccc34)nc(-n3c4ccc(-c5ccc6c(c5)C(c5ccccc5)c5ccc7ccccc7c5-6)cc4c4c5c(ccc43)oc3c4ccccc4ccc35)n2)cc1. The Hall–Kier alpha value is -9.12. The molecule has 3 heterocycles. The quantitative estimate of drug-likeness (QED) is 0.173. The third-order valence-corrected chi connectivity index (χ3v) is 14.7. The van der Waals surface area contributed by atoms with Gasteiger partial charge in [0.2, 0.25) is 5.95 Å². The van der Waals surface area contributed by atoms with E-state index in [2.05, 4.69) is 235 Å². The monoisotopic (exact) mass is 877 g/mol. The van der Waals surface area contributed by atoms with Gasteiger partial charge in [-0.1, -0.05) is 188 Å². The molecule has 1 aliphatic rings. The molecule has 3 aromatic heterocycles. The lowest BCUT2D eigenvalue weighted by atomic mass is 9.87. The van der Waals surface area contributed by atoms with Crippen molar-refractivity contribution in [3.8, 4) is 50.7 Å². The predicted octanol–water partition coefficient (Wildman–Crippen LogP) is 17.1. The fourth-order valence-electron chi connectivity index (χ4n) is 11.6. The highest BCUT2D eigenvalue weighted by atomic mass is 16.3. The van der Waals surface area contributed by atoms with Crippen molar-refractivity contribution in [2.24, 2.45) is 0 Å². The lowest BCUT2D eigenvalue weighted by Gasteiger charge is -2.16. The number of furan rings is 1. The Morgan fingerprint density at radius 3 is 1.87 bits per heavy atom. The van der Waals surface area contributed by atoms with Crippen molar-refractivity contribution in [3.05, 3.63) is 247 Å². The molecule has 15 rings (SSSR count). The van der Waals surface area contributed by atoms with E-state index in [0.717, 1.165) is 88.0 Å². The third-order valence-electron chi connectivity index (χ3n) is 14.7. The maximum atomic E-state index is 6.87. The maximum absolute atomic E-state index is 6.87. The van der Waals surface area contributed by atoms with E-state index in [9.17, 15) is 0 Å². The molecular formula is C65H39N3O. The van der Waals surface area contributed by atoms with E-state index in [1.165, 1.54) is 49.5 Å². The molecule has 1 unspecified atom stereocenters. The summed E-state index contributed by atoms with van der Waals surface area (Å²) < 4.78 is 9.14. The van der Waals surface area contributed by atoms with E-state index in [1.807, 2.05) is 0 Å². The summed E-state index contributed by atoms with van der Waals surface area (Å²) >= 11 is 0. The minimum Gasteiger partial charge on any atom is -0.455 e. The number of aromatic nitrogens is 3. The Morgan fingerprint density at radius 2 is 1.03 bits per heavy atom. The molecule has 0 amide bonds. The molecule has 0 saturated carbocycles. The van der Waals surface area contributed by atoms with E-state index in [-0.39, 0.29) is 5.92 Å². The van der Waals surface area contributed by atoms with Crippen LogP contribution in [0.15, 0.2) is 235 Å². The molecule has 1 aliphatic carbocycles. The van der Waals surface area contributed by atoms with E-state index in [4.69, 9.17) is 14.4 Å². The van der Waals surface area contributed by atoms with Gasteiger partial charge in [-0.25, -0.2) is 9.97 Å². The van der Waals surface area contributed by atoms with Gasteiger partial charge in [-0.2, -0.15) is 0 Å². The molecular weight excluding hydrogens is 839 g/mol. The number of nitrogens with zero attached hydrogens (tertiary/aromatic N) is 3.